The van der Waals surface area contributed by atoms with Crippen LogP contribution < -0.4 is 11.5 Å². The molecule has 0 fully saturated rings. The summed E-state index contributed by atoms with van der Waals surface area (Å²) in [5, 5.41) is 0. The third-order valence-corrected chi connectivity index (χ3v) is 1.42. The van der Waals surface area contributed by atoms with E-state index in [-0.39, 0.29) is 17.7 Å². The van der Waals surface area contributed by atoms with E-state index < -0.39 is 0 Å². The van der Waals surface area contributed by atoms with Crippen LogP contribution in [0.1, 0.15) is 13.8 Å². The van der Waals surface area contributed by atoms with Crippen molar-refractivity contribution in [1.29, 1.82) is 0 Å². The molecule has 1 unspecified atom stereocenters. The molecule has 0 bridgehead atoms. The summed E-state index contributed by atoms with van der Waals surface area (Å²) in [4.78, 5) is 10.5. The van der Waals surface area contributed by atoms with Crippen LogP contribution in [0, 0.1) is 11.8 Å². The number of hydrogen-bond donors (Lipinski definition) is 2. The van der Waals surface area contributed by atoms with Gasteiger partial charge in [-0.15, -0.1) is 0 Å². The zero-order valence-electron chi connectivity index (χ0n) is 5.92. The van der Waals surface area contributed by atoms with Crippen molar-refractivity contribution in [1.82, 2.24) is 0 Å². The third-order valence-electron chi connectivity index (χ3n) is 1.42. The Kier molecular flexibility index (Phi) is 3.24. The highest BCUT2D eigenvalue weighted by atomic mass is 16.1. The smallest absolute Gasteiger partial charge is 0.222 e. The van der Waals surface area contributed by atoms with Crippen LogP contribution in [-0.2, 0) is 4.79 Å². The molecule has 0 aliphatic heterocycles. The summed E-state index contributed by atoms with van der Waals surface area (Å²) < 4.78 is 0. The van der Waals surface area contributed by atoms with Gasteiger partial charge in [-0.2, -0.15) is 0 Å². The van der Waals surface area contributed by atoms with Crippen LogP contribution in [0.3, 0.4) is 0 Å². The van der Waals surface area contributed by atoms with Crippen LogP contribution >= 0.6 is 0 Å². The molecule has 0 aromatic rings. The van der Waals surface area contributed by atoms with Gasteiger partial charge in [0.25, 0.3) is 0 Å². The summed E-state index contributed by atoms with van der Waals surface area (Å²) in [6, 6.07) is 0. The quantitative estimate of drug-likeness (QED) is 0.550. The fourth-order valence-corrected chi connectivity index (χ4v) is 0.717. The van der Waals surface area contributed by atoms with Crippen molar-refractivity contribution in [3.05, 3.63) is 0 Å². The maximum absolute atomic E-state index is 10.5. The van der Waals surface area contributed by atoms with Crippen LogP contribution in [0.15, 0.2) is 0 Å². The normalized spacial score (nSPS) is 13.8. The molecule has 9 heavy (non-hydrogen) atoms. The second-order valence-corrected chi connectivity index (χ2v) is 2.49. The zero-order chi connectivity index (χ0) is 7.44. The number of rotatable bonds is 3. The van der Waals surface area contributed by atoms with Crippen LogP contribution in [0.25, 0.3) is 0 Å². The first-order chi connectivity index (χ1) is 4.09. The van der Waals surface area contributed by atoms with E-state index >= 15 is 0 Å². The lowest BCUT2D eigenvalue weighted by molar-refractivity contribution is -0.122. The van der Waals surface area contributed by atoms with E-state index in [1.807, 2.05) is 13.8 Å². The van der Waals surface area contributed by atoms with Crippen LogP contribution in [0.4, 0.5) is 0 Å². The molecule has 0 aliphatic carbocycles. The van der Waals surface area contributed by atoms with Gasteiger partial charge in [-0.1, -0.05) is 13.8 Å². The van der Waals surface area contributed by atoms with Gasteiger partial charge in [0.1, 0.15) is 0 Å². The van der Waals surface area contributed by atoms with Crippen molar-refractivity contribution >= 4 is 5.91 Å². The van der Waals surface area contributed by atoms with Crippen molar-refractivity contribution in [2.24, 2.45) is 23.3 Å². The van der Waals surface area contributed by atoms with Crippen molar-refractivity contribution in [3.63, 3.8) is 0 Å². The second kappa shape index (κ2) is 3.45. The Balaban J connectivity index is 3.83. The standard InChI is InChI=1S/C6H14N2O/c1-4(2)5(3-7)6(8)9/h4-5H,3,7H2,1-2H3,(H2,8,9). The number of carbonyl (C=O) groups excluding carboxylic acids is 1. The van der Waals surface area contributed by atoms with Crippen molar-refractivity contribution in [2.75, 3.05) is 6.54 Å². The largest absolute Gasteiger partial charge is 0.369 e. The van der Waals surface area contributed by atoms with E-state index in [0.29, 0.717) is 6.54 Å². The molecule has 0 spiro atoms. The molecule has 54 valence electrons. The molecule has 0 saturated heterocycles. The van der Waals surface area contributed by atoms with Crippen LogP contribution in [0.5, 0.6) is 0 Å². The molecule has 3 nitrogen and oxygen atoms in total. The van der Waals surface area contributed by atoms with Gasteiger partial charge in [-0.05, 0) is 5.92 Å². The molecule has 4 N–H and O–H groups in total. The predicted molar refractivity (Wildman–Crippen MR) is 36.6 cm³/mol. The van der Waals surface area contributed by atoms with Gasteiger partial charge in [0.15, 0.2) is 0 Å². The Morgan fingerprint density at radius 3 is 2.00 bits per heavy atom. The summed E-state index contributed by atoms with van der Waals surface area (Å²) in [6.45, 7) is 4.22. The first kappa shape index (κ1) is 8.43. The fourth-order valence-electron chi connectivity index (χ4n) is 0.717. The highest BCUT2D eigenvalue weighted by Gasteiger charge is 2.16. The van der Waals surface area contributed by atoms with Gasteiger partial charge >= 0.3 is 0 Å². The van der Waals surface area contributed by atoms with Crippen LogP contribution in [-0.4, -0.2) is 12.5 Å². The van der Waals surface area contributed by atoms with Gasteiger partial charge in [0.2, 0.25) is 5.91 Å². The maximum atomic E-state index is 10.5. The molecule has 1 amide bonds. The lowest BCUT2D eigenvalue weighted by atomic mass is 9.96. The minimum absolute atomic E-state index is 0.162. The van der Waals surface area contributed by atoms with Gasteiger partial charge in [0, 0.05) is 6.54 Å². The summed E-state index contributed by atoms with van der Waals surface area (Å²) in [6.07, 6.45) is 0. The molecule has 0 aromatic heterocycles. The summed E-state index contributed by atoms with van der Waals surface area (Å²) in [7, 11) is 0. The molecule has 0 aromatic carbocycles. The van der Waals surface area contributed by atoms with E-state index in [1.165, 1.54) is 0 Å². The summed E-state index contributed by atoms with van der Waals surface area (Å²) in [5.74, 6) is -0.204. The van der Waals surface area contributed by atoms with Crippen molar-refractivity contribution < 1.29 is 4.79 Å². The average molecular weight is 130 g/mol. The second-order valence-electron chi connectivity index (χ2n) is 2.49. The highest BCUT2D eigenvalue weighted by molar-refractivity contribution is 5.77. The molecule has 0 rings (SSSR count). The van der Waals surface area contributed by atoms with Crippen LogP contribution in [0.2, 0.25) is 0 Å². The van der Waals surface area contributed by atoms with Gasteiger partial charge in [0.05, 0.1) is 5.92 Å². The van der Waals surface area contributed by atoms with Gasteiger partial charge in [-0.25, -0.2) is 0 Å². The maximum Gasteiger partial charge on any atom is 0.222 e. The molecule has 0 aliphatic rings. The average Bonchev–Trinajstić information content (AvgIpc) is 1.64. The van der Waals surface area contributed by atoms with E-state index in [9.17, 15) is 4.79 Å². The first-order valence-electron chi connectivity index (χ1n) is 3.09. The number of amides is 1. The van der Waals surface area contributed by atoms with Gasteiger partial charge in [-0.3, -0.25) is 4.79 Å². The SMILES string of the molecule is CC(C)C(CN)C(N)=O. The zero-order valence-corrected chi connectivity index (χ0v) is 5.92. The molecule has 0 heterocycles. The summed E-state index contributed by atoms with van der Waals surface area (Å²) in [5.41, 5.74) is 10.3. The van der Waals surface area contributed by atoms with E-state index in [4.69, 9.17) is 11.5 Å². The van der Waals surface area contributed by atoms with E-state index in [1.54, 1.807) is 0 Å². The molecule has 0 saturated carbocycles. The Bertz CT molecular complexity index is 101. The highest BCUT2D eigenvalue weighted by Crippen LogP contribution is 2.06. The predicted octanol–water partition coefficient (Wildman–Crippen LogP) is -0.297. The summed E-state index contributed by atoms with van der Waals surface area (Å²) >= 11 is 0. The number of primary amides is 1. The number of carbonyl (C=O) groups is 1. The Morgan fingerprint density at radius 2 is 2.00 bits per heavy atom. The topological polar surface area (TPSA) is 69.1 Å². The fraction of sp³-hybridized carbons (Fsp3) is 0.833. The molecular weight excluding hydrogens is 116 g/mol. The first-order valence-corrected chi connectivity index (χ1v) is 3.09. The Hall–Kier alpha value is -0.570. The van der Waals surface area contributed by atoms with Gasteiger partial charge < -0.3 is 11.5 Å². The lowest BCUT2D eigenvalue weighted by Gasteiger charge is -2.13. The minimum atomic E-state index is -0.299. The van der Waals surface area contributed by atoms with E-state index in [2.05, 4.69) is 0 Å². The number of nitrogens with two attached hydrogens (primary N) is 2. The Labute approximate surface area is 55.4 Å². The third kappa shape index (κ3) is 2.46. The molecule has 3 heteroatoms. The Morgan fingerprint density at radius 1 is 1.56 bits per heavy atom. The van der Waals surface area contributed by atoms with Crippen molar-refractivity contribution in [3.8, 4) is 0 Å². The molecule has 0 radical (unpaired) electrons. The molecule has 1 atom stereocenters. The van der Waals surface area contributed by atoms with Crippen molar-refractivity contribution in [2.45, 2.75) is 13.8 Å². The minimum Gasteiger partial charge on any atom is -0.369 e. The monoisotopic (exact) mass is 130 g/mol. The number of hydrogen-bond acceptors (Lipinski definition) is 2. The lowest BCUT2D eigenvalue weighted by Crippen LogP contribution is -2.33. The molecular formula is C6H14N2O. The van der Waals surface area contributed by atoms with E-state index in [0.717, 1.165) is 0 Å².